The first-order valence-electron chi connectivity index (χ1n) is 21.3. The van der Waals surface area contributed by atoms with Crippen molar-refractivity contribution in [3.63, 3.8) is 0 Å². The number of pyridine rings is 2. The number of benzene rings is 5. The molecule has 0 aliphatic carbocycles. The van der Waals surface area contributed by atoms with Gasteiger partial charge in [-0.05, 0) is 88.7 Å². The zero-order valence-electron chi connectivity index (χ0n) is 34.4. The quantitative estimate of drug-likeness (QED) is 0.164. The molecule has 0 bridgehead atoms. The standard InChI is InChI=1S/C53H45N5/c1-28(2)30-23-42-43-24-31(29(3)4)26-45-56-40-20-14-11-17-35(40)52(7,8)37-27-36-49-47(50(37)56)53(58(43)45)46-41(54(49)39-19-13-10-16-34(39)51(36,5)6)22-21-33-32-15-9-12-18-38(32)55(48(33)46)44(25-30)57(42)53/h9-29H,1-8H3/q+2. The van der Waals surface area contributed by atoms with Gasteiger partial charge in [-0.1, -0.05) is 104 Å². The van der Waals surface area contributed by atoms with Crippen LogP contribution in [0, 0.1) is 0 Å². The Morgan fingerprint density at radius 1 is 0.483 bits per heavy atom. The van der Waals surface area contributed by atoms with Crippen LogP contribution in [0.1, 0.15) is 112 Å². The van der Waals surface area contributed by atoms with E-state index in [1.165, 1.54) is 118 Å². The maximum Gasteiger partial charge on any atom is 0.319 e. The second kappa shape index (κ2) is 9.56. The van der Waals surface area contributed by atoms with Gasteiger partial charge in [0, 0.05) is 44.9 Å². The van der Waals surface area contributed by atoms with E-state index in [0.717, 1.165) is 0 Å². The number of aromatic nitrogens is 3. The molecule has 280 valence electrons. The molecule has 0 fully saturated rings. The molecule has 5 nitrogen and oxygen atoms in total. The topological polar surface area (TPSA) is 19.2 Å². The SMILES string of the molecule is CC(C)c1cc2[n+]3c(c1)N1c4ccccc4C(C)(C)c4cc5c6c(c41)C31c3c(ccc4c7ccccc7n(c34)-c3cc(C(C)C)cc-2[n+]31)N6c1ccccc1C5(C)C. The predicted molar refractivity (Wildman–Crippen MR) is 234 cm³/mol. The smallest absolute Gasteiger partial charge is 0.308 e. The van der Waals surface area contributed by atoms with E-state index in [-0.39, 0.29) is 10.8 Å². The van der Waals surface area contributed by atoms with Crippen LogP contribution < -0.4 is 18.9 Å². The summed E-state index contributed by atoms with van der Waals surface area (Å²) in [6.45, 7) is 19.3. The lowest BCUT2D eigenvalue weighted by atomic mass is 9.63. The van der Waals surface area contributed by atoms with Gasteiger partial charge >= 0.3 is 5.66 Å². The van der Waals surface area contributed by atoms with Crippen molar-refractivity contribution in [2.75, 3.05) is 9.80 Å². The Morgan fingerprint density at radius 3 is 1.69 bits per heavy atom. The summed E-state index contributed by atoms with van der Waals surface area (Å²) >= 11 is 0. The summed E-state index contributed by atoms with van der Waals surface area (Å²) < 4.78 is 8.23. The number of fused-ring (bicyclic) bond motifs is 11. The summed E-state index contributed by atoms with van der Waals surface area (Å²) in [5, 5.41) is 2.61. The maximum absolute atomic E-state index is 2.80. The Bertz CT molecular complexity index is 3320. The first kappa shape index (κ1) is 31.8. The summed E-state index contributed by atoms with van der Waals surface area (Å²) in [5.74, 6) is 3.20. The Morgan fingerprint density at radius 2 is 1.03 bits per heavy atom. The third-order valence-electron chi connectivity index (χ3n) is 15.3. The Labute approximate surface area is 339 Å². The highest BCUT2D eigenvalue weighted by molar-refractivity contribution is 6.14. The van der Waals surface area contributed by atoms with E-state index in [2.05, 4.69) is 194 Å². The van der Waals surface area contributed by atoms with Crippen molar-refractivity contribution in [1.82, 2.24) is 4.57 Å². The highest BCUT2D eigenvalue weighted by Gasteiger charge is 2.72. The Balaban J connectivity index is 1.33. The number of para-hydroxylation sites is 3. The van der Waals surface area contributed by atoms with Crippen LogP contribution in [0.25, 0.3) is 39.0 Å². The molecule has 1 atom stereocenters. The maximum atomic E-state index is 2.80. The van der Waals surface area contributed by atoms with Crippen molar-refractivity contribution in [1.29, 1.82) is 0 Å². The van der Waals surface area contributed by atoms with Gasteiger partial charge in [0.15, 0.2) is 22.6 Å². The van der Waals surface area contributed by atoms with Crippen LogP contribution in [0.2, 0.25) is 0 Å². The molecular weight excluding hydrogens is 707 g/mol. The van der Waals surface area contributed by atoms with Gasteiger partial charge in [-0.2, -0.15) is 18.6 Å². The van der Waals surface area contributed by atoms with Gasteiger partial charge in [0.25, 0.3) is 11.6 Å². The number of anilines is 6. The predicted octanol–water partition coefficient (Wildman–Crippen LogP) is 12.0. The van der Waals surface area contributed by atoms with Gasteiger partial charge < -0.3 is 4.90 Å². The average Bonchev–Trinajstić information content (AvgIpc) is 3.72. The van der Waals surface area contributed by atoms with Gasteiger partial charge in [0.05, 0.1) is 17.1 Å². The van der Waals surface area contributed by atoms with E-state index in [9.17, 15) is 0 Å². The lowest BCUT2D eigenvalue weighted by Gasteiger charge is -2.53. The van der Waals surface area contributed by atoms with Crippen LogP contribution in [0.15, 0.2) is 115 Å². The van der Waals surface area contributed by atoms with E-state index in [0.29, 0.717) is 11.8 Å². The third kappa shape index (κ3) is 3.09. The second-order valence-electron chi connectivity index (χ2n) is 19.4. The largest absolute Gasteiger partial charge is 0.319 e. The monoisotopic (exact) mass is 751 g/mol. The van der Waals surface area contributed by atoms with Crippen molar-refractivity contribution in [2.45, 2.75) is 83.7 Å². The van der Waals surface area contributed by atoms with Crippen LogP contribution in [0.3, 0.4) is 0 Å². The fourth-order valence-corrected chi connectivity index (χ4v) is 12.6. The molecule has 0 saturated heterocycles. The van der Waals surface area contributed by atoms with Crippen molar-refractivity contribution < 1.29 is 9.13 Å². The molecule has 6 aliphatic rings. The molecule has 9 heterocycles. The zero-order chi connectivity index (χ0) is 39.1. The molecule has 0 amide bonds. The number of hydrogen-bond donors (Lipinski definition) is 0. The van der Waals surface area contributed by atoms with Crippen molar-refractivity contribution in [3.05, 3.63) is 160 Å². The lowest BCUT2D eigenvalue weighted by Crippen LogP contribution is -2.77. The zero-order valence-corrected chi connectivity index (χ0v) is 34.4. The molecule has 5 aromatic carbocycles. The first-order chi connectivity index (χ1) is 28.0. The summed E-state index contributed by atoms with van der Waals surface area (Å²) in [6, 6.07) is 45.2. The molecule has 1 unspecified atom stereocenters. The van der Waals surface area contributed by atoms with Gasteiger partial charge in [0.1, 0.15) is 22.3 Å². The molecule has 14 rings (SSSR count). The third-order valence-corrected chi connectivity index (χ3v) is 15.3. The number of rotatable bonds is 2. The lowest BCUT2D eigenvalue weighted by molar-refractivity contribution is -0.931. The van der Waals surface area contributed by atoms with Crippen LogP contribution in [0.4, 0.5) is 34.3 Å². The number of hydrogen-bond acceptors (Lipinski definition) is 2. The van der Waals surface area contributed by atoms with E-state index in [4.69, 9.17) is 0 Å². The summed E-state index contributed by atoms with van der Waals surface area (Å²) in [4.78, 5) is 5.36. The highest BCUT2D eigenvalue weighted by Crippen LogP contribution is 2.69. The second-order valence-corrected chi connectivity index (χ2v) is 19.4. The molecule has 0 saturated carbocycles. The van der Waals surface area contributed by atoms with Crippen molar-refractivity contribution in [3.8, 4) is 17.2 Å². The van der Waals surface area contributed by atoms with Crippen molar-refractivity contribution in [2.24, 2.45) is 0 Å². The van der Waals surface area contributed by atoms with Crippen LogP contribution >= 0.6 is 0 Å². The average molecular weight is 752 g/mol. The van der Waals surface area contributed by atoms with Gasteiger partial charge in [-0.3, -0.25) is 0 Å². The molecule has 3 aromatic heterocycles. The van der Waals surface area contributed by atoms with Crippen LogP contribution in [-0.4, -0.2) is 4.57 Å². The first-order valence-corrected chi connectivity index (χ1v) is 21.3. The van der Waals surface area contributed by atoms with E-state index in [1.807, 2.05) is 0 Å². The van der Waals surface area contributed by atoms with Gasteiger partial charge in [-0.25, -0.2) is 0 Å². The van der Waals surface area contributed by atoms with Crippen LogP contribution in [-0.2, 0) is 16.5 Å². The fourth-order valence-electron chi connectivity index (χ4n) is 12.6. The van der Waals surface area contributed by atoms with Gasteiger partial charge in [-0.15, -0.1) is 0 Å². The fraction of sp³-hybridized carbons (Fsp3) is 0.245. The minimum atomic E-state index is -0.688. The molecule has 1 spiro atoms. The minimum absolute atomic E-state index is 0.251. The van der Waals surface area contributed by atoms with E-state index >= 15 is 0 Å². The molecule has 0 radical (unpaired) electrons. The Kier molecular flexibility index (Phi) is 5.25. The molecule has 0 N–H and O–H groups in total. The van der Waals surface area contributed by atoms with Gasteiger partial charge in [0.2, 0.25) is 0 Å². The molecular formula is C53H45N5+2. The molecule has 5 heteroatoms. The molecule has 6 aliphatic heterocycles. The Hall–Kier alpha value is -6.20. The summed E-state index contributed by atoms with van der Waals surface area (Å²) in [7, 11) is 0. The minimum Gasteiger partial charge on any atom is -0.308 e. The highest BCUT2D eigenvalue weighted by atomic mass is 15.5. The number of nitrogens with zero attached hydrogens (tertiary/aromatic N) is 5. The van der Waals surface area contributed by atoms with Crippen molar-refractivity contribution >= 4 is 56.1 Å². The van der Waals surface area contributed by atoms with E-state index in [1.54, 1.807) is 0 Å². The molecule has 58 heavy (non-hydrogen) atoms. The molecule has 8 aromatic rings. The normalized spacial score (nSPS) is 19.3. The van der Waals surface area contributed by atoms with E-state index < -0.39 is 5.66 Å². The summed E-state index contributed by atoms with van der Waals surface area (Å²) in [5.41, 5.74) is 21.5. The summed E-state index contributed by atoms with van der Waals surface area (Å²) in [6.07, 6.45) is 0. The van der Waals surface area contributed by atoms with Crippen LogP contribution in [0.5, 0.6) is 0 Å².